The molecule has 2 rings (SSSR count). The van der Waals surface area contributed by atoms with Gasteiger partial charge in [-0.05, 0) is 31.2 Å². The van der Waals surface area contributed by atoms with Gasteiger partial charge in [-0.15, -0.1) is 0 Å². The molecule has 3 heteroatoms. The number of carbonyl (C=O) groups excluding carboxylic acids is 1. The molecule has 0 radical (unpaired) electrons. The Balaban J connectivity index is 2.51. The Bertz CT molecular complexity index is 576. The fourth-order valence-corrected chi connectivity index (χ4v) is 2.09. The largest absolute Gasteiger partial charge is 0.507 e. The number of phenolic OH excluding ortho intramolecular Hbond substituents is 1. The van der Waals surface area contributed by atoms with Gasteiger partial charge in [-0.1, -0.05) is 39.7 Å². The van der Waals surface area contributed by atoms with Crippen molar-refractivity contribution in [1.82, 2.24) is 0 Å². The van der Waals surface area contributed by atoms with Crippen LogP contribution in [0.5, 0.6) is 5.75 Å². The summed E-state index contributed by atoms with van der Waals surface area (Å²) in [6.45, 7) is 1.89. The van der Waals surface area contributed by atoms with Crippen LogP contribution in [0, 0.1) is 6.92 Å². The molecule has 86 valence electrons. The van der Waals surface area contributed by atoms with Crippen molar-refractivity contribution in [3.63, 3.8) is 0 Å². The highest BCUT2D eigenvalue weighted by atomic mass is 79.9. The fraction of sp³-hybridized carbons (Fsp3) is 0.0714. The van der Waals surface area contributed by atoms with Gasteiger partial charge in [0.15, 0.2) is 5.78 Å². The lowest BCUT2D eigenvalue weighted by molar-refractivity contribution is 0.103. The number of benzene rings is 2. The number of halogens is 1. The predicted octanol–water partition coefficient (Wildman–Crippen LogP) is 3.69. The van der Waals surface area contributed by atoms with Gasteiger partial charge in [-0.25, -0.2) is 0 Å². The van der Waals surface area contributed by atoms with E-state index < -0.39 is 0 Å². The smallest absolute Gasteiger partial charge is 0.197 e. The molecule has 0 aliphatic rings. The minimum absolute atomic E-state index is 0.0105. The first-order valence-electron chi connectivity index (χ1n) is 5.18. The number of ketones is 1. The number of hydrogen-bond acceptors (Lipinski definition) is 2. The molecular weight excluding hydrogens is 280 g/mol. The molecule has 0 saturated heterocycles. The maximum absolute atomic E-state index is 12.3. The zero-order chi connectivity index (χ0) is 12.4. The van der Waals surface area contributed by atoms with Crippen molar-refractivity contribution in [2.75, 3.05) is 0 Å². The van der Waals surface area contributed by atoms with Crippen molar-refractivity contribution in [3.8, 4) is 5.75 Å². The van der Waals surface area contributed by atoms with Gasteiger partial charge in [0.2, 0.25) is 0 Å². The summed E-state index contributed by atoms with van der Waals surface area (Å²) in [5.74, 6) is -0.171. The van der Waals surface area contributed by atoms with Crippen LogP contribution in [-0.4, -0.2) is 10.9 Å². The molecule has 0 atom stereocenters. The van der Waals surface area contributed by atoms with E-state index in [4.69, 9.17) is 0 Å². The number of rotatable bonds is 2. The second kappa shape index (κ2) is 4.72. The minimum Gasteiger partial charge on any atom is -0.507 e. The lowest BCUT2D eigenvalue weighted by Crippen LogP contribution is -2.03. The lowest BCUT2D eigenvalue weighted by atomic mass is 10.0. The summed E-state index contributed by atoms with van der Waals surface area (Å²) in [5.41, 5.74) is 1.82. The second-order valence-corrected chi connectivity index (χ2v) is 4.68. The highest BCUT2D eigenvalue weighted by Gasteiger charge is 2.15. The number of hydrogen-bond donors (Lipinski definition) is 1. The molecule has 0 amide bonds. The quantitative estimate of drug-likeness (QED) is 0.857. The molecule has 0 aromatic heterocycles. The molecule has 0 saturated carbocycles. The van der Waals surface area contributed by atoms with Crippen LogP contribution in [0.25, 0.3) is 0 Å². The monoisotopic (exact) mass is 290 g/mol. The molecular formula is C14H11BrO2. The SMILES string of the molecule is Cc1ccc(O)c(C(=O)c2ccccc2Br)c1. The van der Waals surface area contributed by atoms with Gasteiger partial charge in [0.05, 0.1) is 5.56 Å². The summed E-state index contributed by atoms with van der Waals surface area (Å²) in [7, 11) is 0. The number of phenols is 1. The van der Waals surface area contributed by atoms with Gasteiger partial charge in [-0.3, -0.25) is 4.79 Å². The Hall–Kier alpha value is -1.61. The molecule has 0 aliphatic carbocycles. The van der Waals surface area contributed by atoms with E-state index in [1.54, 1.807) is 36.4 Å². The van der Waals surface area contributed by atoms with Crippen molar-refractivity contribution in [3.05, 3.63) is 63.6 Å². The number of carbonyl (C=O) groups is 1. The van der Waals surface area contributed by atoms with E-state index in [1.807, 2.05) is 13.0 Å². The first kappa shape index (κ1) is 11.9. The van der Waals surface area contributed by atoms with Crippen molar-refractivity contribution in [2.45, 2.75) is 6.92 Å². The summed E-state index contributed by atoms with van der Waals surface area (Å²) >= 11 is 3.33. The van der Waals surface area contributed by atoms with Crippen LogP contribution in [0.4, 0.5) is 0 Å². The Morgan fingerprint density at radius 2 is 1.82 bits per heavy atom. The Morgan fingerprint density at radius 3 is 2.53 bits per heavy atom. The first-order chi connectivity index (χ1) is 8.09. The van der Waals surface area contributed by atoms with Crippen molar-refractivity contribution in [1.29, 1.82) is 0 Å². The molecule has 1 N–H and O–H groups in total. The van der Waals surface area contributed by atoms with Gasteiger partial charge in [-0.2, -0.15) is 0 Å². The second-order valence-electron chi connectivity index (χ2n) is 3.83. The van der Waals surface area contributed by atoms with Crippen molar-refractivity contribution < 1.29 is 9.90 Å². The summed E-state index contributed by atoms with van der Waals surface area (Å²) in [5, 5.41) is 9.72. The Morgan fingerprint density at radius 1 is 1.12 bits per heavy atom. The average molecular weight is 291 g/mol. The van der Waals surface area contributed by atoms with Crippen LogP contribution < -0.4 is 0 Å². The predicted molar refractivity (Wildman–Crippen MR) is 70.4 cm³/mol. The molecule has 0 heterocycles. The van der Waals surface area contributed by atoms with Gasteiger partial charge < -0.3 is 5.11 Å². The van der Waals surface area contributed by atoms with Gasteiger partial charge in [0.25, 0.3) is 0 Å². The highest BCUT2D eigenvalue weighted by Crippen LogP contribution is 2.25. The molecule has 2 nitrogen and oxygen atoms in total. The van der Waals surface area contributed by atoms with Gasteiger partial charge in [0, 0.05) is 10.0 Å². The maximum Gasteiger partial charge on any atom is 0.197 e. The van der Waals surface area contributed by atoms with Crippen LogP contribution in [0.3, 0.4) is 0 Å². The molecule has 2 aromatic carbocycles. The van der Waals surface area contributed by atoms with Crippen molar-refractivity contribution in [2.24, 2.45) is 0 Å². The summed E-state index contributed by atoms with van der Waals surface area (Å²) in [4.78, 5) is 12.3. The van der Waals surface area contributed by atoms with Crippen molar-refractivity contribution >= 4 is 21.7 Å². The average Bonchev–Trinajstić information content (AvgIpc) is 2.32. The lowest BCUT2D eigenvalue weighted by Gasteiger charge is -2.06. The third-order valence-corrected chi connectivity index (χ3v) is 3.21. The third-order valence-electron chi connectivity index (χ3n) is 2.52. The van der Waals surface area contributed by atoms with E-state index in [0.717, 1.165) is 10.0 Å². The molecule has 0 aliphatic heterocycles. The first-order valence-corrected chi connectivity index (χ1v) is 5.98. The zero-order valence-corrected chi connectivity index (χ0v) is 10.9. The van der Waals surface area contributed by atoms with Gasteiger partial charge >= 0.3 is 0 Å². The molecule has 2 aromatic rings. The third kappa shape index (κ3) is 2.39. The molecule has 0 fully saturated rings. The van der Waals surface area contributed by atoms with E-state index >= 15 is 0 Å². The van der Waals surface area contributed by atoms with E-state index in [9.17, 15) is 9.90 Å². The zero-order valence-electron chi connectivity index (χ0n) is 9.27. The van der Waals surface area contributed by atoms with Crippen LogP contribution in [-0.2, 0) is 0 Å². The molecule has 0 bridgehead atoms. The Labute approximate surface area is 108 Å². The molecule has 17 heavy (non-hydrogen) atoms. The summed E-state index contributed by atoms with van der Waals surface area (Å²) < 4.78 is 0.728. The van der Waals surface area contributed by atoms with Crippen LogP contribution in [0.15, 0.2) is 46.9 Å². The summed E-state index contributed by atoms with van der Waals surface area (Å²) in [6.07, 6.45) is 0. The summed E-state index contributed by atoms with van der Waals surface area (Å²) in [6, 6.07) is 12.2. The topological polar surface area (TPSA) is 37.3 Å². The van der Waals surface area contributed by atoms with E-state index in [1.165, 1.54) is 0 Å². The maximum atomic E-state index is 12.3. The van der Waals surface area contributed by atoms with E-state index in [0.29, 0.717) is 11.1 Å². The number of aromatic hydroxyl groups is 1. The van der Waals surface area contributed by atoms with E-state index in [-0.39, 0.29) is 11.5 Å². The highest BCUT2D eigenvalue weighted by molar-refractivity contribution is 9.10. The van der Waals surface area contributed by atoms with Crippen LogP contribution >= 0.6 is 15.9 Å². The van der Waals surface area contributed by atoms with Crippen LogP contribution in [0.1, 0.15) is 21.5 Å². The fourth-order valence-electron chi connectivity index (χ4n) is 1.62. The van der Waals surface area contributed by atoms with E-state index in [2.05, 4.69) is 15.9 Å². The Kier molecular flexibility index (Phi) is 3.29. The minimum atomic E-state index is -0.182. The van der Waals surface area contributed by atoms with Gasteiger partial charge in [0.1, 0.15) is 5.75 Å². The van der Waals surface area contributed by atoms with Crippen LogP contribution in [0.2, 0.25) is 0 Å². The molecule has 0 unspecified atom stereocenters. The number of aryl methyl sites for hydroxylation is 1. The standard InChI is InChI=1S/C14H11BrO2/c1-9-6-7-13(16)11(8-9)14(17)10-4-2-3-5-12(10)15/h2-8,16H,1H3. The normalized spacial score (nSPS) is 10.2. The molecule has 0 spiro atoms.